The lowest BCUT2D eigenvalue weighted by Gasteiger charge is -2.19. The van der Waals surface area contributed by atoms with Crippen LogP contribution in [-0.4, -0.2) is 23.1 Å². The molecule has 0 saturated carbocycles. The molecule has 0 radical (unpaired) electrons. The van der Waals surface area contributed by atoms with Crippen LogP contribution in [0, 0.1) is 12.7 Å². The predicted octanol–water partition coefficient (Wildman–Crippen LogP) is 2.39. The summed E-state index contributed by atoms with van der Waals surface area (Å²) in [5, 5.41) is 11.7. The van der Waals surface area contributed by atoms with E-state index in [4.69, 9.17) is 10.9 Å². The Kier molecular flexibility index (Phi) is 3.84. The highest BCUT2D eigenvalue weighted by molar-refractivity contribution is 5.97. The van der Waals surface area contributed by atoms with Crippen molar-refractivity contribution in [2.45, 2.75) is 6.92 Å². The van der Waals surface area contributed by atoms with Crippen LogP contribution in [0.1, 0.15) is 11.3 Å². The Bertz CT molecular complexity index is 640. The summed E-state index contributed by atoms with van der Waals surface area (Å²) in [7, 11) is 1.81. The van der Waals surface area contributed by atoms with Crippen LogP contribution >= 0.6 is 0 Å². The minimum Gasteiger partial charge on any atom is -0.409 e. The molecule has 20 heavy (non-hydrogen) atoms. The Hall–Kier alpha value is -2.63. The van der Waals surface area contributed by atoms with Crippen LogP contribution in [0.5, 0.6) is 0 Å². The molecule has 1 heterocycles. The largest absolute Gasteiger partial charge is 0.409 e. The van der Waals surface area contributed by atoms with E-state index in [2.05, 4.69) is 10.1 Å². The molecular weight excluding hydrogens is 259 g/mol. The molecule has 2 aromatic rings. The molecule has 5 nitrogen and oxygen atoms in total. The predicted molar refractivity (Wildman–Crippen MR) is 75.9 cm³/mol. The number of hydrogen-bond acceptors (Lipinski definition) is 4. The van der Waals surface area contributed by atoms with E-state index in [1.54, 1.807) is 29.2 Å². The number of benzene rings is 1. The van der Waals surface area contributed by atoms with Crippen molar-refractivity contribution in [1.29, 1.82) is 0 Å². The van der Waals surface area contributed by atoms with Gasteiger partial charge in [0.1, 0.15) is 11.6 Å². The van der Waals surface area contributed by atoms with Crippen molar-refractivity contribution in [2.75, 3.05) is 11.9 Å². The van der Waals surface area contributed by atoms with E-state index in [1.165, 1.54) is 12.1 Å². The summed E-state index contributed by atoms with van der Waals surface area (Å²) in [6.45, 7) is 1.82. The van der Waals surface area contributed by atoms with Gasteiger partial charge in [0, 0.05) is 24.0 Å². The van der Waals surface area contributed by atoms with E-state index in [-0.39, 0.29) is 11.7 Å². The van der Waals surface area contributed by atoms with Gasteiger partial charge in [-0.05, 0) is 43.3 Å². The highest BCUT2D eigenvalue weighted by Crippen LogP contribution is 2.23. The summed E-state index contributed by atoms with van der Waals surface area (Å²) in [6.07, 6.45) is 0. The zero-order valence-corrected chi connectivity index (χ0v) is 11.2. The van der Waals surface area contributed by atoms with E-state index >= 15 is 0 Å². The van der Waals surface area contributed by atoms with Gasteiger partial charge >= 0.3 is 0 Å². The fourth-order valence-corrected chi connectivity index (χ4v) is 1.83. The maximum Gasteiger partial charge on any atom is 0.170 e. The van der Waals surface area contributed by atoms with Gasteiger partial charge in [0.25, 0.3) is 0 Å². The van der Waals surface area contributed by atoms with Gasteiger partial charge in [-0.3, -0.25) is 0 Å². The number of nitrogens with two attached hydrogens (primary N) is 1. The van der Waals surface area contributed by atoms with E-state index in [9.17, 15) is 4.39 Å². The number of amidine groups is 1. The first-order valence-corrected chi connectivity index (χ1v) is 5.97. The number of oxime groups is 1. The summed E-state index contributed by atoms with van der Waals surface area (Å²) in [5.41, 5.74) is 7.69. The average molecular weight is 274 g/mol. The lowest BCUT2D eigenvalue weighted by atomic mass is 10.2. The molecule has 0 unspecified atom stereocenters. The van der Waals surface area contributed by atoms with Crippen LogP contribution < -0.4 is 10.6 Å². The second kappa shape index (κ2) is 5.56. The summed E-state index contributed by atoms with van der Waals surface area (Å²) in [6, 6.07) is 9.49. The Morgan fingerprint density at radius 3 is 2.55 bits per heavy atom. The molecule has 1 aromatic carbocycles. The zero-order valence-electron chi connectivity index (χ0n) is 11.2. The quantitative estimate of drug-likeness (QED) is 0.390. The van der Waals surface area contributed by atoms with Gasteiger partial charge in [-0.25, -0.2) is 9.37 Å². The van der Waals surface area contributed by atoms with Crippen molar-refractivity contribution in [1.82, 2.24) is 4.98 Å². The maximum absolute atomic E-state index is 12.9. The highest BCUT2D eigenvalue weighted by Gasteiger charge is 2.09. The SMILES string of the molecule is Cc1cc(/C(N)=N/O)cc(N(C)c2ccc(F)cc2)n1. The third-order valence-corrected chi connectivity index (χ3v) is 2.90. The average Bonchev–Trinajstić information content (AvgIpc) is 2.45. The standard InChI is InChI=1S/C14H15FN4O/c1-9-7-10(14(16)18-20)8-13(17-9)19(2)12-5-3-11(15)4-6-12/h3-8,20H,1-2H3,(H2,16,18). The van der Waals surface area contributed by atoms with Crippen molar-refractivity contribution in [3.63, 3.8) is 0 Å². The number of halogens is 1. The summed E-state index contributed by atoms with van der Waals surface area (Å²) < 4.78 is 12.9. The fourth-order valence-electron chi connectivity index (χ4n) is 1.83. The number of pyridine rings is 1. The number of nitrogens with zero attached hydrogens (tertiary/aromatic N) is 3. The minimum absolute atomic E-state index is 0.0178. The molecule has 0 aliphatic carbocycles. The van der Waals surface area contributed by atoms with Gasteiger partial charge in [-0.2, -0.15) is 0 Å². The number of aryl methyl sites for hydroxylation is 1. The number of hydrogen-bond donors (Lipinski definition) is 2. The minimum atomic E-state index is -0.295. The van der Waals surface area contributed by atoms with Crippen LogP contribution in [0.3, 0.4) is 0 Å². The molecule has 0 spiro atoms. The van der Waals surface area contributed by atoms with Crippen molar-refractivity contribution in [2.24, 2.45) is 10.9 Å². The highest BCUT2D eigenvalue weighted by atomic mass is 19.1. The monoisotopic (exact) mass is 274 g/mol. The normalized spacial score (nSPS) is 11.4. The van der Waals surface area contributed by atoms with E-state index in [0.29, 0.717) is 11.4 Å². The van der Waals surface area contributed by atoms with Crippen molar-refractivity contribution in [3.8, 4) is 0 Å². The molecule has 104 valence electrons. The number of aromatic nitrogens is 1. The summed E-state index contributed by atoms with van der Waals surface area (Å²) in [4.78, 5) is 6.18. The first-order chi connectivity index (χ1) is 9.51. The zero-order chi connectivity index (χ0) is 14.7. The molecule has 0 saturated heterocycles. The second-order valence-corrected chi connectivity index (χ2v) is 4.38. The maximum atomic E-state index is 12.9. The molecule has 2 rings (SSSR count). The van der Waals surface area contributed by atoms with E-state index in [0.717, 1.165) is 11.4 Å². The van der Waals surface area contributed by atoms with E-state index in [1.807, 2.05) is 14.0 Å². The molecule has 6 heteroatoms. The first-order valence-electron chi connectivity index (χ1n) is 5.97. The smallest absolute Gasteiger partial charge is 0.170 e. The molecule has 0 fully saturated rings. The van der Waals surface area contributed by atoms with Gasteiger partial charge in [0.2, 0.25) is 0 Å². The third-order valence-electron chi connectivity index (χ3n) is 2.90. The van der Waals surface area contributed by atoms with Crippen LogP contribution in [0.4, 0.5) is 15.9 Å². The van der Waals surface area contributed by atoms with E-state index < -0.39 is 0 Å². The fraction of sp³-hybridized carbons (Fsp3) is 0.143. The molecule has 0 aliphatic rings. The van der Waals surface area contributed by atoms with Crippen LogP contribution in [0.2, 0.25) is 0 Å². The molecule has 0 bridgehead atoms. The van der Waals surface area contributed by atoms with Crippen LogP contribution in [-0.2, 0) is 0 Å². The Morgan fingerprint density at radius 1 is 1.30 bits per heavy atom. The van der Waals surface area contributed by atoms with Crippen molar-refractivity contribution in [3.05, 3.63) is 53.5 Å². The molecule has 0 amide bonds. The molecule has 0 aliphatic heterocycles. The topological polar surface area (TPSA) is 74.7 Å². The molecular formula is C14H15FN4O. The Labute approximate surface area is 116 Å². The molecule has 3 N–H and O–H groups in total. The second-order valence-electron chi connectivity index (χ2n) is 4.38. The van der Waals surface area contributed by atoms with Gasteiger partial charge in [0.15, 0.2) is 5.84 Å². The first kappa shape index (κ1) is 13.8. The Balaban J connectivity index is 2.41. The van der Waals surface area contributed by atoms with Crippen LogP contribution in [0.25, 0.3) is 0 Å². The van der Waals surface area contributed by atoms with Gasteiger partial charge in [0.05, 0.1) is 0 Å². The number of rotatable bonds is 3. The van der Waals surface area contributed by atoms with Gasteiger partial charge in [-0.15, -0.1) is 0 Å². The third kappa shape index (κ3) is 2.85. The van der Waals surface area contributed by atoms with Crippen LogP contribution in [0.15, 0.2) is 41.6 Å². The number of anilines is 2. The molecule has 0 atom stereocenters. The summed E-state index contributed by atoms with van der Waals surface area (Å²) >= 11 is 0. The lowest BCUT2D eigenvalue weighted by Crippen LogP contribution is -2.17. The van der Waals surface area contributed by atoms with Crippen molar-refractivity contribution < 1.29 is 9.60 Å². The van der Waals surface area contributed by atoms with Gasteiger partial charge in [-0.1, -0.05) is 5.16 Å². The summed E-state index contributed by atoms with van der Waals surface area (Å²) in [5.74, 6) is 0.346. The van der Waals surface area contributed by atoms with Gasteiger partial charge < -0.3 is 15.8 Å². The lowest BCUT2D eigenvalue weighted by molar-refractivity contribution is 0.318. The van der Waals surface area contributed by atoms with Crippen molar-refractivity contribution >= 4 is 17.3 Å². The molecule has 1 aromatic heterocycles. The Morgan fingerprint density at radius 2 is 1.95 bits per heavy atom.